The number of halogens is 3. The van der Waals surface area contributed by atoms with Crippen LogP contribution in [0.1, 0.15) is 60.1 Å². The van der Waals surface area contributed by atoms with Crippen LogP contribution in [-0.2, 0) is 19.0 Å². The number of hydrogen-bond donors (Lipinski definition) is 7. The van der Waals surface area contributed by atoms with Crippen molar-refractivity contribution in [2.75, 3.05) is 32.1 Å². The van der Waals surface area contributed by atoms with Gasteiger partial charge in [0.1, 0.15) is 24.4 Å². The Morgan fingerprint density at radius 2 is 1.81 bits per heavy atom. The smallest absolute Gasteiger partial charge is 0.423 e. The van der Waals surface area contributed by atoms with Gasteiger partial charge in [0.15, 0.2) is 6.23 Å². The molecule has 9 atom stereocenters. The van der Waals surface area contributed by atoms with Crippen LogP contribution in [0.3, 0.4) is 0 Å². The van der Waals surface area contributed by atoms with Crippen molar-refractivity contribution in [2.24, 2.45) is 0 Å². The topological polar surface area (TPSA) is 235 Å². The van der Waals surface area contributed by atoms with Crippen LogP contribution in [0.2, 0.25) is 0 Å². The van der Waals surface area contributed by atoms with Gasteiger partial charge in [-0.1, -0.05) is 42.5 Å². The van der Waals surface area contributed by atoms with Crippen molar-refractivity contribution in [3.05, 3.63) is 98.3 Å². The molecule has 17 nitrogen and oxygen atoms in total. The van der Waals surface area contributed by atoms with Crippen LogP contribution in [0.15, 0.2) is 70.4 Å². The molecule has 0 saturated carbocycles. The lowest BCUT2D eigenvalue weighted by Gasteiger charge is -2.30. The van der Waals surface area contributed by atoms with Gasteiger partial charge < -0.3 is 35.1 Å². The molecule has 2 saturated heterocycles. The largest absolute Gasteiger partial charge is 0.450 e. The first-order valence-corrected chi connectivity index (χ1v) is 17.8. The van der Waals surface area contributed by atoms with Gasteiger partial charge in [-0.3, -0.25) is 24.5 Å². The minimum Gasteiger partial charge on any atom is -0.450 e. The molecule has 6 rings (SSSR count). The zero-order valence-corrected chi connectivity index (χ0v) is 30.3. The average molecular weight is 800 g/mol. The second-order valence-corrected chi connectivity index (χ2v) is 13.7. The van der Waals surface area contributed by atoms with Gasteiger partial charge >= 0.3 is 24.1 Å². The van der Waals surface area contributed by atoms with E-state index in [2.05, 4.69) is 27.3 Å². The number of carbonyl (C=O) groups is 3. The van der Waals surface area contributed by atoms with Crippen molar-refractivity contribution in [3.8, 4) is 12.3 Å². The zero-order valence-electron chi connectivity index (χ0n) is 30.3. The van der Waals surface area contributed by atoms with E-state index in [1.54, 1.807) is 42.5 Å². The van der Waals surface area contributed by atoms with Crippen molar-refractivity contribution in [2.45, 2.75) is 73.6 Å². The number of alkyl halides is 3. The van der Waals surface area contributed by atoms with Crippen LogP contribution < -0.4 is 32.6 Å². The number of likely N-dealkylation sites (N-methyl/N-ethyl adjacent to an activating group) is 1. The molecule has 57 heavy (non-hydrogen) atoms. The number of benzene rings is 2. The number of aromatic nitrogens is 2. The SMILES string of the molecule is C#CCC1c2ccc(NC(=O)OC(CCCOC(=O)NCC(=O)NCC3OC(n4ccc(=O)[nH]c4=O)C(O)C3O)c3ccccc3)c(c2)C1C1(C(F)(F)F)NN1C. The number of anilines is 1. The third-order valence-corrected chi connectivity index (χ3v) is 10.1. The summed E-state index contributed by atoms with van der Waals surface area (Å²) in [6.45, 7) is -0.955. The number of terminal acetylenes is 1. The first-order chi connectivity index (χ1) is 27.1. The van der Waals surface area contributed by atoms with Crippen molar-refractivity contribution in [3.63, 3.8) is 0 Å². The number of ether oxygens (including phenoxy) is 3. The van der Waals surface area contributed by atoms with E-state index < -0.39 is 90.2 Å². The summed E-state index contributed by atoms with van der Waals surface area (Å²) < 4.78 is 60.7. The third-order valence-electron chi connectivity index (χ3n) is 10.1. The summed E-state index contributed by atoms with van der Waals surface area (Å²) in [7, 11) is 1.30. The molecule has 304 valence electrons. The highest BCUT2D eigenvalue weighted by Crippen LogP contribution is 2.60. The molecule has 2 aliphatic heterocycles. The lowest BCUT2D eigenvalue weighted by Crippen LogP contribution is -2.44. The molecule has 0 radical (unpaired) electrons. The van der Waals surface area contributed by atoms with E-state index in [-0.39, 0.29) is 43.7 Å². The van der Waals surface area contributed by atoms with Gasteiger partial charge in [-0.15, -0.1) is 12.3 Å². The summed E-state index contributed by atoms with van der Waals surface area (Å²) in [6, 6.07) is 14.5. The minimum atomic E-state index is -4.66. The van der Waals surface area contributed by atoms with Gasteiger partial charge in [0, 0.05) is 49.8 Å². The third kappa shape index (κ3) is 8.67. The molecule has 1 aliphatic carbocycles. The summed E-state index contributed by atoms with van der Waals surface area (Å²) in [5.74, 6) is 0.000418. The highest BCUT2D eigenvalue weighted by atomic mass is 19.4. The van der Waals surface area contributed by atoms with Crippen LogP contribution in [0.4, 0.5) is 28.4 Å². The number of aromatic amines is 1. The van der Waals surface area contributed by atoms with Crippen molar-refractivity contribution in [1.29, 1.82) is 0 Å². The molecule has 9 unspecified atom stereocenters. The summed E-state index contributed by atoms with van der Waals surface area (Å²) in [5.41, 5.74) is 0.185. The van der Waals surface area contributed by atoms with E-state index in [0.29, 0.717) is 11.1 Å². The van der Waals surface area contributed by atoms with Crippen LogP contribution >= 0.6 is 0 Å². The molecule has 20 heteroatoms. The standard InChI is InChI=1S/C37H40F3N7O10/c1-3-8-22-21-12-13-24(23(17-21)29(22)36(37(38,39)40)45-46(36)2)43-35(54)57-25(20-9-5-4-6-10-20)11-7-16-55-34(53)42-19-28(49)41-18-26-30(50)31(51)32(56-26)47-15-14-27(48)44-33(47)52/h1,4-6,9-10,12-15,17,22,25-26,29-32,45,50-51H,7-8,11,16,18-19H2,2H3,(H,41,49)(H,42,53)(H,43,54)(H,44,48,52). The first kappa shape index (κ1) is 40.9. The van der Waals surface area contributed by atoms with E-state index in [9.17, 15) is 47.4 Å². The van der Waals surface area contributed by atoms with Gasteiger partial charge in [-0.25, -0.2) is 24.8 Å². The Labute approximate surface area is 322 Å². The predicted molar refractivity (Wildman–Crippen MR) is 193 cm³/mol. The number of aliphatic hydroxyl groups excluding tert-OH is 2. The Kier molecular flexibility index (Phi) is 12.1. The number of hydrazine groups is 1. The van der Waals surface area contributed by atoms with Crippen LogP contribution in [0.5, 0.6) is 0 Å². The molecule has 3 amide bonds. The van der Waals surface area contributed by atoms with Gasteiger partial charge in [0.25, 0.3) is 5.56 Å². The number of nitrogens with one attached hydrogen (secondary N) is 5. The maximum absolute atomic E-state index is 14.5. The molecule has 3 heterocycles. The number of nitrogens with zero attached hydrogens (tertiary/aromatic N) is 2. The van der Waals surface area contributed by atoms with E-state index in [0.717, 1.165) is 21.8 Å². The highest BCUT2D eigenvalue weighted by molar-refractivity contribution is 5.87. The monoisotopic (exact) mass is 799 g/mol. The number of aliphatic hydroxyl groups is 2. The Hall–Kier alpha value is -5.72. The summed E-state index contributed by atoms with van der Waals surface area (Å²) >= 11 is 0. The lowest BCUT2D eigenvalue weighted by atomic mass is 9.80. The van der Waals surface area contributed by atoms with Crippen molar-refractivity contribution >= 4 is 23.8 Å². The van der Waals surface area contributed by atoms with Crippen molar-refractivity contribution in [1.82, 2.24) is 30.6 Å². The van der Waals surface area contributed by atoms with E-state index in [1.807, 2.05) is 4.98 Å². The maximum Gasteiger partial charge on any atom is 0.423 e. The van der Waals surface area contributed by atoms with E-state index in [1.165, 1.54) is 13.1 Å². The van der Waals surface area contributed by atoms with Gasteiger partial charge in [0.05, 0.1) is 13.2 Å². The quantitative estimate of drug-likeness (QED) is 0.0701. The van der Waals surface area contributed by atoms with Gasteiger partial charge in [-0.2, -0.15) is 13.2 Å². The number of fused-ring (bicyclic) bond motifs is 2. The fourth-order valence-corrected chi connectivity index (χ4v) is 7.31. The molecule has 7 N–H and O–H groups in total. The predicted octanol–water partition coefficient (Wildman–Crippen LogP) is 1.68. The summed E-state index contributed by atoms with van der Waals surface area (Å²) in [4.78, 5) is 63.4. The van der Waals surface area contributed by atoms with Gasteiger partial charge in [-0.05, 0) is 35.6 Å². The molecule has 2 fully saturated rings. The van der Waals surface area contributed by atoms with Gasteiger partial charge in [0.2, 0.25) is 11.6 Å². The van der Waals surface area contributed by atoms with E-state index in [4.69, 9.17) is 20.6 Å². The Bertz CT molecular complexity index is 2130. The Balaban J connectivity index is 0.975. The number of hydrogen-bond acceptors (Lipinski definition) is 12. The molecule has 3 aromatic rings. The number of alkyl carbamates (subject to hydrolysis) is 1. The number of rotatable bonds is 14. The Morgan fingerprint density at radius 3 is 2.47 bits per heavy atom. The van der Waals surface area contributed by atoms with Crippen molar-refractivity contribution < 1.29 is 52.0 Å². The molecule has 2 aromatic carbocycles. The Morgan fingerprint density at radius 1 is 1.07 bits per heavy atom. The fraction of sp³-hybridized carbons (Fsp3) is 0.432. The van der Waals surface area contributed by atoms with Crippen LogP contribution in [0.25, 0.3) is 0 Å². The number of amides is 3. The normalized spacial score (nSPS) is 26.5. The summed E-state index contributed by atoms with van der Waals surface area (Å²) in [6.07, 6.45) is -5.77. The average Bonchev–Trinajstić information content (AvgIpc) is 3.68. The van der Waals surface area contributed by atoms with Crippen LogP contribution in [0, 0.1) is 12.3 Å². The van der Waals surface area contributed by atoms with E-state index >= 15 is 0 Å². The second-order valence-electron chi connectivity index (χ2n) is 13.7. The molecular weight excluding hydrogens is 759 g/mol. The molecule has 0 spiro atoms. The van der Waals surface area contributed by atoms with Crippen LogP contribution in [-0.4, -0.2) is 99.8 Å². The number of H-pyrrole nitrogens is 1. The fourth-order valence-electron chi connectivity index (χ4n) is 7.31. The first-order valence-electron chi connectivity index (χ1n) is 17.8. The minimum absolute atomic E-state index is 0.0541. The molecular formula is C37H40F3N7O10. The molecule has 1 aromatic heterocycles. The zero-order chi connectivity index (χ0) is 41.1. The highest BCUT2D eigenvalue weighted by Gasteiger charge is 2.74. The number of carbonyl (C=O) groups excluding carboxylic acids is 3. The lowest BCUT2D eigenvalue weighted by molar-refractivity contribution is -0.178. The molecule has 3 aliphatic rings. The maximum atomic E-state index is 14.5. The summed E-state index contributed by atoms with van der Waals surface area (Å²) in [5, 5.41) is 29.0. The second kappa shape index (κ2) is 16.8. The molecule has 2 bridgehead atoms.